The minimum Gasteiger partial charge on any atom is -0.326 e. The Kier molecular flexibility index (Phi) is 4.38. The van der Waals surface area contributed by atoms with Crippen molar-refractivity contribution in [3.05, 3.63) is 59.2 Å². The van der Waals surface area contributed by atoms with E-state index in [1.165, 1.54) is 0 Å². The second-order valence-electron chi connectivity index (χ2n) is 6.43. The normalized spacial score (nSPS) is 17.2. The van der Waals surface area contributed by atoms with Crippen LogP contribution in [0.15, 0.2) is 42.5 Å². The molecule has 1 atom stereocenters. The molecule has 0 spiro atoms. The monoisotopic (exact) mass is 322 g/mol. The highest BCUT2D eigenvalue weighted by Gasteiger charge is 2.35. The summed E-state index contributed by atoms with van der Waals surface area (Å²) in [5.41, 5.74) is 4.95. The van der Waals surface area contributed by atoms with Gasteiger partial charge in [-0.25, -0.2) is 0 Å². The van der Waals surface area contributed by atoms with Crippen LogP contribution in [0.5, 0.6) is 0 Å². The fraction of sp³-hybridized carbons (Fsp3) is 0.300. The van der Waals surface area contributed by atoms with Crippen molar-refractivity contribution < 1.29 is 9.59 Å². The lowest BCUT2D eigenvalue weighted by Crippen LogP contribution is -2.28. The molecule has 1 saturated heterocycles. The molecule has 24 heavy (non-hydrogen) atoms. The molecule has 2 amide bonds. The highest BCUT2D eigenvalue weighted by atomic mass is 16.2. The number of benzene rings is 2. The van der Waals surface area contributed by atoms with E-state index in [2.05, 4.69) is 5.32 Å². The molecule has 1 fully saturated rings. The van der Waals surface area contributed by atoms with Gasteiger partial charge in [-0.15, -0.1) is 0 Å². The van der Waals surface area contributed by atoms with E-state index in [0.29, 0.717) is 6.54 Å². The minimum absolute atomic E-state index is 0.00501. The van der Waals surface area contributed by atoms with E-state index < -0.39 is 0 Å². The van der Waals surface area contributed by atoms with Crippen LogP contribution in [-0.2, 0) is 9.59 Å². The summed E-state index contributed by atoms with van der Waals surface area (Å²) in [6.07, 6.45) is 0.255. The molecular formula is C20H22N2O2. The summed E-state index contributed by atoms with van der Waals surface area (Å²) < 4.78 is 0. The lowest BCUT2D eigenvalue weighted by molar-refractivity contribution is -0.122. The first kappa shape index (κ1) is 16.2. The highest BCUT2D eigenvalue weighted by molar-refractivity contribution is 6.04. The largest absolute Gasteiger partial charge is 0.326 e. The molecule has 1 heterocycles. The van der Waals surface area contributed by atoms with Gasteiger partial charge < -0.3 is 10.2 Å². The smallest absolute Gasteiger partial charge is 0.229 e. The molecule has 0 aliphatic carbocycles. The summed E-state index contributed by atoms with van der Waals surface area (Å²) in [6.45, 7) is 6.42. The zero-order chi connectivity index (χ0) is 17.3. The summed E-state index contributed by atoms with van der Waals surface area (Å²) in [6, 6.07) is 13.6. The van der Waals surface area contributed by atoms with E-state index in [1.807, 2.05) is 63.2 Å². The third kappa shape index (κ3) is 3.04. The molecule has 124 valence electrons. The third-order valence-electron chi connectivity index (χ3n) is 4.76. The summed E-state index contributed by atoms with van der Waals surface area (Å²) in [7, 11) is 0. The van der Waals surface area contributed by atoms with Crippen molar-refractivity contribution in [2.45, 2.75) is 27.2 Å². The number of anilines is 2. The van der Waals surface area contributed by atoms with E-state index in [4.69, 9.17) is 0 Å². The topological polar surface area (TPSA) is 49.4 Å². The van der Waals surface area contributed by atoms with Crippen LogP contribution in [0.4, 0.5) is 11.4 Å². The van der Waals surface area contributed by atoms with Crippen molar-refractivity contribution in [2.24, 2.45) is 5.92 Å². The van der Waals surface area contributed by atoms with Crippen molar-refractivity contribution in [3.63, 3.8) is 0 Å². The van der Waals surface area contributed by atoms with E-state index in [1.54, 1.807) is 4.90 Å². The molecule has 2 aromatic rings. The quantitative estimate of drug-likeness (QED) is 0.938. The van der Waals surface area contributed by atoms with Crippen LogP contribution in [0, 0.1) is 26.7 Å². The van der Waals surface area contributed by atoms with Crippen molar-refractivity contribution in [2.75, 3.05) is 16.8 Å². The second kappa shape index (κ2) is 6.48. The number of amides is 2. The average Bonchev–Trinajstić information content (AvgIpc) is 2.94. The Labute approximate surface area is 142 Å². The van der Waals surface area contributed by atoms with Crippen molar-refractivity contribution in [1.82, 2.24) is 0 Å². The number of para-hydroxylation sites is 1. The number of aryl methyl sites for hydroxylation is 2. The Balaban J connectivity index is 1.75. The van der Waals surface area contributed by atoms with Crippen LogP contribution in [0.3, 0.4) is 0 Å². The van der Waals surface area contributed by atoms with Gasteiger partial charge in [-0.2, -0.15) is 0 Å². The predicted molar refractivity (Wildman–Crippen MR) is 96.2 cm³/mol. The van der Waals surface area contributed by atoms with Gasteiger partial charge in [0.1, 0.15) is 0 Å². The molecule has 2 aromatic carbocycles. The van der Waals surface area contributed by atoms with Crippen LogP contribution in [-0.4, -0.2) is 18.4 Å². The summed E-state index contributed by atoms with van der Waals surface area (Å²) >= 11 is 0. The fourth-order valence-electron chi connectivity index (χ4n) is 3.10. The van der Waals surface area contributed by atoms with Gasteiger partial charge in [-0.3, -0.25) is 9.59 Å². The van der Waals surface area contributed by atoms with E-state index >= 15 is 0 Å². The van der Waals surface area contributed by atoms with Crippen LogP contribution < -0.4 is 10.2 Å². The van der Waals surface area contributed by atoms with Gasteiger partial charge in [0.05, 0.1) is 5.92 Å². The van der Waals surface area contributed by atoms with E-state index in [-0.39, 0.29) is 24.2 Å². The molecule has 0 saturated carbocycles. The van der Waals surface area contributed by atoms with Crippen molar-refractivity contribution in [1.29, 1.82) is 0 Å². The van der Waals surface area contributed by atoms with Gasteiger partial charge in [0.25, 0.3) is 0 Å². The first-order valence-electron chi connectivity index (χ1n) is 8.20. The zero-order valence-electron chi connectivity index (χ0n) is 14.3. The van der Waals surface area contributed by atoms with Crippen LogP contribution >= 0.6 is 0 Å². The Hall–Kier alpha value is -2.62. The number of hydrogen-bond acceptors (Lipinski definition) is 2. The number of carbonyl (C=O) groups is 2. The number of carbonyl (C=O) groups excluding carboxylic acids is 2. The van der Waals surface area contributed by atoms with Crippen molar-refractivity contribution >= 4 is 23.2 Å². The zero-order valence-corrected chi connectivity index (χ0v) is 14.3. The van der Waals surface area contributed by atoms with Gasteiger partial charge in [-0.05, 0) is 49.6 Å². The second-order valence-corrected chi connectivity index (χ2v) is 6.43. The van der Waals surface area contributed by atoms with Gasteiger partial charge in [0, 0.05) is 24.3 Å². The Bertz CT molecular complexity index is 798. The minimum atomic E-state index is -0.322. The lowest BCUT2D eigenvalue weighted by atomic mass is 10.1. The third-order valence-corrected chi connectivity index (χ3v) is 4.76. The van der Waals surface area contributed by atoms with Crippen LogP contribution in [0.2, 0.25) is 0 Å². The van der Waals surface area contributed by atoms with E-state index in [0.717, 1.165) is 28.1 Å². The standard InChI is InChI=1S/C20H22N2O2/c1-13-8-6-9-17(15(13)3)21-20(24)16-11-19(23)22(12-16)18-10-5-4-7-14(18)2/h4-10,16H,11-12H2,1-3H3,(H,21,24)/t16-/m1/s1. The van der Waals surface area contributed by atoms with E-state index in [9.17, 15) is 9.59 Å². The van der Waals surface area contributed by atoms with Gasteiger partial charge in [0.2, 0.25) is 11.8 Å². The SMILES string of the molecule is Cc1ccccc1N1C[C@H](C(=O)Nc2cccc(C)c2C)CC1=O. The maximum atomic E-state index is 12.6. The predicted octanol–water partition coefficient (Wildman–Crippen LogP) is 3.60. The number of nitrogens with one attached hydrogen (secondary N) is 1. The van der Waals surface area contributed by atoms with Crippen LogP contribution in [0.1, 0.15) is 23.1 Å². The highest BCUT2D eigenvalue weighted by Crippen LogP contribution is 2.29. The molecule has 0 aromatic heterocycles. The van der Waals surface area contributed by atoms with Gasteiger partial charge in [0.15, 0.2) is 0 Å². The van der Waals surface area contributed by atoms with Crippen molar-refractivity contribution in [3.8, 4) is 0 Å². The molecule has 1 N–H and O–H groups in total. The van der Waals surface area contributed by atoms with Gasteiger partial charge >= 0.3 is 0 Å². The Morgan fingerprint density at radius 3 is 2.50 bits per heavy atom. The molecule has 4 nitrogen and oxygen atoms in total. The molecule has 0 unspecified atom stereocenters. The van der Waals surface area contributed by atoms with Crippen LogP contribution in [0.25, 0.3) is 0 Å². The maximum Gasteiger partial charge on any atom is 0.229 e. The molecule has 3 rings (SSSR count). The summed E-state index contributed by atoms with van der Waals surface area (Å²) in [5, 5.41) is 2.98. The Morgan fingerprint density at radius 2 is 1.75 bits per heavy atom. The Morgan fingerprint density at radius 1 is 1.04 bits per heavy atom. The molecule has 1 aliphatic rings. The first-order valence-corrected chi connectivity index (χ1v) is 8.20. The fourth-order valence-corrected chi connectivity index (χ4v) is 3.10. The lowest BCUT2D eigenvalue weighted by Gasteiger charge is -2.19. The molecular weight excluding hydrogens is 300 g/mol. The molecule has 0 bridgehead atoms. The number of rotatable bonds is 3. The molecule has 0 radical (unpaired) electrons. The number of hydrogen-bond donors (Lipinski definition) is 1. The summed E-state index contributed by atoms with van der Waals surface area (Å²) in [4.78, 5) is 26.7. The molecule has 1 aliphatic heterocycles. The first-order chi connectivity index (χ1) is 11.5. The summed E-state index contributed by atoms with van der Waals surface area (Å²) in [5.74, 6) is -0.407. The molecule has 4 heteroatoms. The van der Waals surface area contributed by atoms with Gasteiger partial charge in [-0.1, -0.05) is 30.3 Å². The number of nitrogens with zero attached hydrogens (tertiary/aromatic N) is 1. The average molecular weight is 322 g/mol. The maximum absolute atomic E-state index is 12.6.